The van der Waals surface area contributed by atoms with Gasteiger partial charge in [0, 0.05) is 18.7 Å². The van der Waals surface area contributed by atoms with Crippen LogP contribution in [0.15, 0.2) is 17.2 Å². The highest BCUT2D eigenvalue weighted by Crippen LogP contribution is 2.02. The van der Waals surface area contributed by atoms with Crippen LogP contribution in [0.25, 0.3) is 5.78 Å². The van der Waals surface area contributed by atoms with Gasteiger partial charge < -0.3 is 9.47 Å². The molecule has 2 rings (SSSR count). The molecule has 0 amide bonds. The van der Waals surface area contributed by atoms with Crippen molar-refractivity contribution in [2.75, 3.05) is 13.2 Å². The van der Waals surface area contributed by atoms with E-state index in [4.69, 9.17) is 9.47 Å². The topological polar surface area (TPSA) is 87.7 Å². The van der Waals surface area contributed by atoms with Gasteiger partial charge in [-0.05, 0) is 6.92 Å². The summed E-state index contributed by atoms with van der Waals surface area (Å²) in [4.78, 5) is 26.2. The van der Waals surface area contributed by atoms with Crippen molar-refractivity contribution in [2.24, 2.45) is 0 Å². The Balaban J connectivity index is 2.06. The van der Waals surface area contributed by atoms with E-state index in [1.807, 2.05) is 0 Å². The molecule has 2 aromatic rings. The predicted octanol–water partition coefficient (Wildman–Crippen LogP) is -0.263. The summed E-state index contributed by atoms with van der Waals surface area (Å²) in [5.74, 6) is 0.0699. The van der Waals surface area contributed by atoms with E-state index in [1.54, 1.807) is 11.5 Å². The van der Waals surface area contributed by atoms with E-state index in [-0.39, 0.29) is 31.5 Å². The fourth-order valence-corrected chi connectivity index (χ4v) is 1.61. The average molecular weight is 266 g/mol. The third-order valence-corrected chi connectivity index (χ3v) is 2.49. The van der Waals surface area contributed by atoms with Gasteiger partial charge in [-0.3, -0.25) is 14.2 Å². The Morgan fingerprint density at radius 3 is 2.95 bits per heavy atom. The Bertz CT molecular complexity index is 646. The largest absolute Gasteiger partial charge is 0.463 e. The Labute approximate surface area is 108 Å². The van der Waals surface area contributed by atoms with Gasteiger partial charge in [-0.1, -0.05) is 0 Å². The summed E-state index contributed by atoms with van der Waals surface area (Å²) in [5, 5.41) is 3.83. The zero-order valence-electron chi connectivity index (χ0n) is 10.7. The zero-order chi connectivity index (χ0) is 13.8. The van der Waals surface area contributed by atoms with Crippen LogP contribution in [0, 0.1) is 6.92 Å². The van der Waals surface area contributed by atoms with Crippen molar-refractivity contribution in [1.82, 2.24) is 19.2 Å². The molecule has 0 aliphatic rings. The maximum Gasteiger partial charge on any atom is 0.302 e. The third kappa shape index (κ3) is 2.97. The van der Waals surface area contributed by atoms with E-state index in [0.29, 0.717) is 5.78 Å². The molecular weight excluding hydrogens is 252 g/mol. The third-order valence-electron chi connectivity index (χ3n) is 2.49. The number of carbonyl (C=O) groups excluding carboxylic acids is 1. The molecule has 0 aromatic carbocycles. The van der Waals surface area contributed by atoms with Gasteiger partial charge in [0.1, 0.15) is 19.7 Å². The van der Waals surface area contributed by atoms with Crippen molar-refractivity contribution in [3.63, 3.8) is 0 Å². The summed E-state index contributed by atoms with van der Waals surface area (Å²) in [6.45, 7) is 3.79. The fraction of sp³-hybridized carbons (Fsp3) is 0.455. The molecule has 0 atom stereocenters. The highest BCUT2D eigenvalue weighted by molar-refractivity contribution is 5.65. The summed E-state index contributed by atoms with van der Waals surface area (Å²) in [6.07, 6.45) is 1.31. The number of ether oxygens (including phenoxy) is 2. The van der Waals surface area contributed by atoms with Crippen molar-refractivity contribution in [3.8, 4) is 0 Å². The van der Waals surface area contributed by atoms with Crippen LogP contribution in [0.2, 0.25) is 0 Å². The number of fused-ring (bicyclic) bond motifs is 1. The molecule has 0 bridgehead atoms. The molecule has 102 valence electrons. The monoisotopic (exact) mass is 266 g/mol. The second-order valence-corrected chi connectivity index (χ2v) is 3.90. The number of rotatable bonds is 5. The molecule has 0 saturated carbocycles. The molecule has 0 N–H and O–H groups in total. The standard InChI is InChI=1S/C11H14N4O4/c1-8-5-10(17)15-11(12-6-13-15)14(8)7-18-3-4-19-9(2)16/h5-6H,3-4,7H2,1-2H3. The van der Waals surface area contributed by atoms with Gasteiger partial charge in [-0.2, -0.15) is 14.6 Å². The fourth-order valence-electron chi connectivity index (χ4n) is 1.61. The van der Waals surface area contributed by atoms with Gasteiger partial charge in [0.05, 0.1) is 6.61 Å². The molecule has 0 aliphatic heterocycles. The van der Waals surface area contributed by atoms with E-state index in [9.17, 15) is 9.59 Å². The van der Waals surface area contributed by atoms with Crippen molar-refractivity contribution < 1.29 is 14.3 Å². The Morgan fingerprint density at radius 2 is 2.21 bits per heavy atom. The molecule has 2 aromatic heterocycles. The quantitative estimate of drug-likeness (QED) is 0.547. The first-order valence-electron chi connectivity index (χ1n) is 5.71. The Kier molecular flexibility index (Phi) is 3.91. The maximum atomic E-state index is 11.6. The van der Waals surface area contributed by atoms with Crippen LogP contribution in [0.4, 0.5) is 0 Å². The number of hydrogen-bond donors (Lipinski definition) is 0. The molecule has 19 heavy (non-hydrogen) atoms. The molecule has 8 heteroatoms. The van der Waals surface area contributed by atoms with Crippen LogP contribution in [-0.2, 0) is 21.0 Å². The van der Waals surface area contributed by atoms with Crippen LogP contribution < -0.4 is 5.56 Å². The first kappa shape index (κ1) is 13.2. The van der Waals surface area contributed by atoms with Gasteiger partial charge in [0.25, 0.3) is 5.56 Å². The summed E-state index contributed by atoms with van der Waals surface area (Å²) < 4.78 is 13.0. The first-order valence-corrected chi connectivity index (χ1v) is 5.71. The molecule has 0 aliphatic carbocycles. The lowest BCUT2D eigenvalue weighted by atomic mass is 10.4. The minimum Gasteiger partial charge on any atom is -0.463 e. The number of hydrogen-bond acceptors (Lipinski definition) is 6. The molecule has 0 unspecified atom stereocenters. The van der Waals surface area contributed by atoms with Crippen LogP contribution >= 0.6 is 0 Å². The van der Waals surface area contributed by atoms with E-state index < -0.39 is 0 Å². The van der Waals surface area contributed by atoms with Gasteiger partial charge in [0.2, 0.25) is 5.78 Å². The summed E-state index contributed by atoms with van der Waals surface area (Å²) >= 11 is 0. The van der Waals surface area contributed by atoms with Crippen molar-refractivity contribution in [1.29, 1.82) is 0 Å². The van der Waals surface area contributed by atoms with Gasteiger partial charge in [0.15, 0.2) is 0 Å². The molecule has 2 heterocycles. The lowest BCUT2D eigenvalue weighted by molar-refractivity contribution is -0.142. The first-order chi connectivity index (χ1) is 9.09. The van der Waals surface area contributed by atoms with Gasteiger partial charge in [-0.15, -0.1) is 0 Å². The number of carbonyl (C=O) groups is 1. The highest BCUT2D eigenvalue weighted by Gasteiger charge is 2.07. The molecule has 0 spiro atoms. The van der Waals surface area contributed by atoms with E-state index in [0.717, 1.165) is 5.69 Å². The van der Waals surface area contributed by atoms with Crippen molar-refractivity contribution in [2.45, 2.75) is 20.6 Å². The molecule has 8 nitrogen and oxygen atoms in total. The minimum atomic E-state index is -0.344. The highest BCUT2D eigenvalue weighted by atomic mass is 16.6. The van der Waals surface area contributed by atoms with Crippen molar-refractivity contribution >= 4 is 11.7 Å². The predicted molar refractivity (Wildman–Crippen MR) is 64.6 cm³/mol. The lowest BCUT2D eigenvalue weighted by Crippen LogP contribution is -2.21. The van der Waals surface area contributed by atoms with Gasteiger partial charge >= 0.3 is 5.97 Å². The van der Waals surface area contributed by atoms with E-state index in [2.05, 4.69) is 10.1 Å². The van der Waals surface area contributed by atoms with Crippen LogP contribution in [-0.4, -0.2) is 38.3 Å². The molecule has 0 fully saturated rings. The number of nitrogens with zero attached hydrogens (tertiary/aromatic N) is 4. The Morgan fingerprint density at radius 1 is 1.42 bits per heavy atom. The minimum absolute atomic E-state index is 0.192. The van der Waals surface area contributed by atoms with E-state index >= 15 is 0 Å². The summed E-state index contributed by atoms with van der Waals surface area (Å²) in [7, 11) is 0. The average Bonchev–Trinajstić information content (AvgIpc) is 2.81. The van der Waals surface area contributed by atoms with Crippen LogP contribution in [0.3, 0.4) is 0 Å². The second kappa shape index (κ2) is 5.61. The van der Waals surface area contributed by atoms with Gasteiger partial charge in [-0.25, -0.2) is 0 Å². The van der Waals surface area contributed by atoms with Crippen LogP contribution in [0.5, 0.6) is 0 Å². The van der Waals surface area contributed by atoms with Crippen LogP contribution in [0.1, 0.15) is 12.6 Å². The summed E-state index contributed by atoms with van der Waals surface area (Å²) in [5.41, 5.74) is 0.485. The lowest BCUT2D eigenvalue weighted by Gasteiger charge is -2.11. The zero-order valence-corrected chi connectivity index (χ0v) is 10.7. The molecular formula is C11H14N4O4. The second-order valence-electron chi connectivity index (χ2n) is 3.90. The Hall–Kier alpha value is -2.22. The number of esters is 1. The maximum absolute atomic E-state index is 11.6. The van der Waals surface area contributed by atoms with E-state index in [1.165, 1.54) is 23.8 Å². The SMILES string of the molecule is CC(=O)OCCOCn1c(C)cc(=O)n2ncnc12. The van der Waals surface area contributed by atoms with Crippen molar-refractivity contribution in [3.05, 3.63) is 28.4 Å². The molecule has 0 radical (unpaired) electrons. The number of aryl methyl sites for hydroxylation is 1. The number of aromatic nitrogens is 4. The normalized spacial score (nSPS) is 10.8. The molecule has 0 saturated heterocycles. The summed E-state index contributed by atoms with van der Waals surface area (Å²) in [6, 6.07) is 1.46. The smallest absolute Gasteiger partial charge is 0.302 e.